The van der Waals surface area contributed by atoms with Gasteiger partial charge in [-0.3, -0.25) is 4.98 Å². The molecular formula is C25H24F2N6O2S. The zero-order valence-corrected chi connectivity index (χ0v) is 20.1. The van der Waals surface area contributed by atoms with Crippen LogP contribution in [0.3, 0.4) is 0 Å². The molecule has 1 aliphatic heterocycles. The topological polar surface area (TPSA) is 92.5 Å². The Morgan fingerprint density at radius 2 is 1.92 bits per heavy atom. The lowest BCUT2D eigenvalue weighted by molar-refractivity contribution is 0.316. The minimum atomic E-state index is -3.93. The first-order valence-corrected chi connectivity index (χ1v) is 12.9. The summed E-state index contributed by atoms with van der Waals surface area (Å²) in [6.07, 6.45) is 7.96. The summed E-state index contributed by atoms with van der Waals surface area (Å²) in [5, 5.41) is 7.84. The van der Waals surface area contributed by atoms with Crippen molar-refractivity contribution >= 4 is 27.6 Å². The summed E-state index contributed by atoms with van der Waals surface area (Å²) in [4.78, 5) is 8.72. The van der Waals surface area contributed by atoms with E-state index in [0.717, 1.165) is 40.8 Å². The smallest absolute Gasteiger partial charge is 0.243 e. The van der Waals surface area contributed by atoms with Crippen LogP contribution in [0.2, 0.25) is 0 Å². The second kappa shape index (κ2) is 9.75. The number of fused-ring (bicyclic) bond motifs is 1. The quantitative estimate of drug-likeness (QED) is 0.400. The molecule has 1 aliphatic rings. The molecule has 0 atom stereocenters. The standard InChI is InChI=1S/C25H24F2N6O2S/c1-2-18-16-30-33-24(29-15-17-4-3-9-28-14-17)13-23(31-25(18)33)19-7-10-32(11-8-19)36(34,35)20-5-6-21(26)22(27)12-20/h2-6,9,12-14,16,19,29H,1,7-8,10-11,15H2. The Balaban J connectivity index is 1.38. The van der Waals surface area contributed by atoms with E-state index in [1.807, 2.05) is 18.2 Å². The molecule has 1 fully saturated rings. The molecule has 0 radical (unpaired) electrons. The lowest BCUT2D eigenvalue weighted by Crippen LogP contribution is -2.38. The second-order valence-corrected chi connectivity index (χ2v) is 10.5. The van der Waals surface area contributed by atoms with Crippen LogP contribution in [0.25, 0.3) is 11.7 Å². The number of benzene rings is 1. The Morgan fingerprint density at radius 3 is 2.61 bits per heavy atom. The van der Waals surface area contributed by atoms with Gasteiger partial charge in [-0.15, -0.1) is 0 Å². The second-order valence-electron chi connectivity index (χ2n) is 8.57. The van der Waals surface area contributed by atoms with Crippen molar-refractivity contribution in [3.05, 3.63) is 90.0 Å². The predicted molar refractivity (Wildman–Crippen MR) is 132 cm³/mol. The van der Waals surface area contributed by atoms with Gasteiger partial charge < -0.3 is 5.32 Å². The fourth-order valence-electron chi connectivity index (χ4n) is 4.35. The fraction of sp³-hybridized carbons (Fsp3) is 0.240. The lowest BCUT2D eigenvalue weighted by Gasteiger charge is -2.31. The van der Waals surface area contributed by atoms with Crippen LogP contribution in [-0.2, 0) is 16.6 Å². The summed E-state index contributed by atoms with van der Waals surface area (Å²) < 4.78 is 55.9. The maximum Gasteiger partial charge on any atom is 0.243 e. The summed E-state index contributed by atoms with van der Waals surface area (Å²) in [5.74, 6) is -1.50. The average Bonchev–Trinajstić information content (AvgIpc) is 3.32. The summed E-state index contributed by atoms with van der Waals surface area (Å²) >= 11 is 0. The van der Waals surface area contributed by atoms with Gasteiger partial charge in [0, 0.05) is 55.3 Å². The molecule has 0 unspecified atom stereocenters. The molecule has 1 aromatic carbocycles. The van der Waals surface area contributed by atoms with Crippen molar-refractivity contribution in [2.75, 3.05) is 18.4 Å². The minimum Gasteiger partial charge on any atom is -0.366 e. The monoisotopic (exact) mass is 510 g/mol. The van der Waals surface area contributed by atoms with E-state index < -0.39 is 21.7 Å². The Labute approximate surface area is 207 Å². The molecule has 4 heterocycles. The van der Waals surface area contributed by atoms with Crippen molar-refractivity contribution in [3.8, 4) is 0 Å². The number of piperidine rings is 1. The molecule has 0 spiro atoms. The first-order chi connectivity index (χ1) is 17.4. The number of aromatic nitrogens is 4. The predicted octanol–water partition coefficient (Wildman–Crippen LogP) is 4.23. The third-order valence-electron chi connectivity index (χ3n) is 6.34. The van der Waals surface area contributed by atoms with E-state index in [2.05, 4.69) is 22.0 Å². The number of hydrogen-bond acceptors (Lipinski definition) is 6. The first-order valence-electron chi connectivity index (χ1n) is 11.5. The molecule has 8 nitrogen and oxygen atoms in total. The highest BCUT2D eigenvalue weighted by Crippen LogP contribution is 2.32. The van der Waals surface area contributed by atoms with E-state index in [0.29, 0.717) is 25.0 Å². The van der Waals surface area contributed by atoms with Crippen LogP contribution in [0.15, 0.2) is 66.5 Å². The zero-order chi connectivity index (χ0) is 25.3. The molecule has 0 saturated carbocycles. The van der Waals surface area contributed by atoms with E-state index in [1.165, 1.54) is 4.31 Å². The highest BCUT2D eigenvalue weighted by atomic mass is 32.2. The van der Waals surface area contributed by atoms with Gasteiger partial charge in [0.25, 0.3) is 0 Å². The van der Waals surface area contributed by atoms with Crippen LogP contribution in [0.4, 0.5) is 14.6 Å². The summed E-state index contributed by atoms with van der Waals surface area (Å²) in [5.41, 5.74) is 3.29. The molecule has 0 amide bonds. The Morgan fingerprint density at radius 1 is 1.11 bits per heavy atom. The average molecular weight is 511 g/mol. The van der Waals surface area contributed by atoms with Crippen LogP contribution in [0.5, 0.6) is 0 Å². The van der Waals surface area contributed by atoms with Crippen molar-refractivity contribution in [2.45, 2.75) is 30.2 Å². The maximum atomic E-state index is 13.6. The third-order valence-corrected chi connectivity index (χ3v) is 8.23. The van der Waals surface area contributed by atoms with Gasteiger partial charge in [-0.05, 0) is 42.7 Å². The molecule has 186 valence electrons. The van der Waals surface area contributed by atoms with E-state index in [9.17, 15) is 17.2 Å². The molecule has 3 aromatic heterocycles. The van der Waals surface area contributed by atoms with Crippen LogP contribution in [0, 0.1) is 11.6 Å². The van der Waals surface area contributed by atoms with E-state index in [-0.39, 0.29) is 23.9 Å². The molecule has 11 heteroatoms. The largest absolute Gasteiger partial charge is 0.366 e. The Hall–Kier alpha value is -3.70. The maximum absolute atomic E-state index is 13.6. The molecule has 0 aliphatic carbocycles. The summed E-state index contributed by atoms with van der Waals surface area (Å²) in [6.45, 7) is 4.87. The van der Waals surface area contributed by atoms with E-state index in [1.54, 1.807) is 29.2 Å². The number of pyridine rings is 1. The van der Waals surface area contributed by atoms with Gasteiger partial charge in [-0.2, -0.15) is 13.9 Å². The molecule has 0 bridgehead atoms. The van der Waals surface area contributed by atoms with E-state index in [4.69, 9.17) is 4.98 Å². The number of sulfonamides is 1. The number of hydrogen-bond donors (Lipinski definition) is 1. The first kappa shape index (κ1) is 24.0. The van der Waals surface area contributed by atoms with Crippen molar-refractivity contribution in [1.29, 1.82) is 0 Å². The van der Waals surface area contributed by atoms with Crippen molar-refractivity contribution in [2.24, 2.45) is 0 Å². The van der Waals surface area contributed by atoms with Crippen molar-refractivity contribution in [3.63, 3.8) is 0 Å². The molecular weight excluding hydrogens is 486 g/mol. The molecule has 4 aromatic rings. The minimum absolute atomic E-state index is 0.0120. The molecule has 1 saturated heterocycles. The zero-order valence-electron chi connectivity index (χ0n) is 19.3. The highest BCUT2D eigenvalue weighted by molar-refractivity contribution is 7.89. The van der Waals surface area contributed by atoms with Gasteiger partial charge in [0.1, 0.15) is 5.82 Å². The van der Waals surface area contributed by atoms with Gasteiger partial charge in [0.05, 0.1) is 11.1 Å². The fourth-order valence-corrected chi connectivity index (χ4v) is 5.83. The Kier molecular flexibility index (Phi) is 6.50. The summed E-state index contributed by atoms with van der Waals surface area (Å²) in [7, 11) is -3.93. The summed E-state index contributed by atoms with van der Waals surface area (Å²) in [6, 6.07) is 8.43. The van der Waals surface area contributed by atoms with Gasteiger partial charge in [0.15, 0.2) is 17.3 Å². The highest BCUT2D eigenvalue weighted by Gasteiger charge is 2.31. The van der Waals surface area contributed by atoms with Gasteiger partial charge in [0.2, 0.25) is 10.0 Å². The SMILES string of the molecule is C=Cc1cnn2c(NCc3cccnc3)cc(C3CCN(S(=O)(=O)c4ccc(F)c(F)c4)CC3)nc12. The molecule has 5 rings (SSSR count). The normalized spacial score (nSPS) is 15.3. The van der Waals surface area contributed by atoms with Gasteiger partial charge in [-0.25, -0.2) is 22.2 Å². The lowest BCUT2D eigenvalue weighted by atomic mass is 9.94. The van der Waals surface area contributed by atoms with Crippen LogP contribution in [-0.4, -0.2) is 45.4 Å². The van der Waals surface area contributed by atoms with Crippen molar-refractivity contribution in [1.82, 2.24) is 23.9 Å². The van der Waals surface area contributed by atoms with E-state index >= 15 is 0 Å². The number of nitrogens with one attached hydrogen (secondary N) is 1. The van der Waals surface area contributed by atoms with Crippen LogP contribution < -0.4 is 5.32 Å². The Bertz CT molecular complexity index is 1520. The van der Waals surface area contributed by atoms with Crippen LogP contribution in [0.1, 0.15) is 35.6 Å². The van der Waals surface area contributed by atoms with Gasteiger partial charge >= 0.3 is 0 Å². The number of anilines is 1. The molecule has 36 heavy (non-hydrogen) atoms. The van der Waals surface area contributed by atoms with Gasteiger partial charge in [-0.1, -0.05) is 18.7 Å². The van der Waals surface area contributed by atoms with Crippen LogP contribution >= 0.6 is 0 Å². The number of nitrogens with zero attached hydrogens (tertiary/aromatic N) is 5. The third kappa shape index (κ3) is 4.59. The number of halogens is 2. The molecule has 1 N–H and O–H groups in total. The van der Waals surface area contributed by atoms with Crippen molar-refractivity contribution < 1.29 is 17.2 Å². The number of rotatable bonds is 7.